The monoisotopic (exact) mass is 541 g/mol. The Balaban J connectivity index is 1.36. The number of rotatable bonds is 8. The van der Waals surface area contributed by atoms with Gasteiger partial charge in [-0.05, 0) is 84.2 Å². The molecule has 2 fully saturated rings. The Bertz CT molecular complexity index is 1500. The van der Waals surface area contributed by atoms with Gasteiger partial charge in [-0.2, -0.15) is 0 Å². The van der Waals surface area contributed by atoms with E-state index >= 15 is 0 Å². The Morgan fingerprint density at radius 2 is 1.77 bits per heavy atom. The van der Waals surface area contributed by atoms with Crippen LogP contribution in [0.25, 0.3) is 15.8 Å². The van der Waals surface area contributed by atoms with Crippen LogP contribution in [-0.2, 0) is 11.2 Å². The van der Waals surface area contributed by atoms with E-state index < -0.39 is 5.97 Å². The topological polar surface area (TPSA) is 57.6 Å². The van der Waals surface area contributed by atoms with Crippen LogP contribution in [0.3, 0.4) is 0 Å². The molecule has 0 aromatic heterocycles. The van der Waals surface area contributed by atoms with Crippen molar-refractivity contribution in [3.63, 3.8) is 0 Å². The van der Waals surface area contributed by atoms with Crippen molar-refractivity contribution in [2.24, 2.45) is 11.8 Å². The SMILES string of the molecule is CCC1=C(Cl)c2c(cc(C(C)c3ccc4ccc(C(=O)O)cc4c3)cc2N2CC(CC(=O)C3CC3)C2)CCC1. The second-order valence-corrected chi connectivity index (χ2v) is 12.1. The van der Waals surface area contributed by atoms with Crippen molar-refractivity contribution < 1.29 is 14.7 Å². The van der Waals surface area contributed by atoms with E-state index in [1.54, 1.807) is 12.1 Å². The number of halogens is 1. The Morgan fingerprint density at radius 3 is 2.49 bits per heavy atom. The number of nitrogens with zero attached hydrogens (tertiary/aromatic N) is 1. The predicted molar refractivity (Wildman–Crippen MR) is 159 cm³/mol. The molecule has 0 bridgehead atoms. The molecule has 0 spiro atoms. The van der Waals surface area contributed by atoms with E-state index in [4.69, 9.17) is 11.6 Å². The summed E-state index contributed by atoms with van der Waals surface area (Å²) in [5.74, 6) is 0.441. The zero-order chi connectivity index (χ0) is 27.3. The Morgan fingerprint density at radius 1 is 1.00 bits per heavy atom. The van der Waals surface area contributed by atoms with Gasteiger partial charge in [-0.15, -0.1) is 0 Å². The number of aryl methyl sites for hydroxylation is 1. The van der Waals surface area contributed by atoms with E-state index in [1.165, 1.54) is 28.0 Å². The van der Waals surface area contributed by atoms with Gasteiger partial charge in [0.25, 0.3) is 0 Å². The number of carbonyl (C=O) groups excluding carboxylic acids is 1. The molecule has 1 saturated heterocycles. The van der Waals surface area contributed by atoms with E-state index in [9.17, 15) is 14.7 Å². The number of Topliss-reactive ketones (excluding diaryl/α,β-unsaturated/α-hetero) is 1. The number of hydrogen-bond donors (Lipinski definition) is 1. The first-order chi connectivity index (χ1) is 18.8. The quantitative estimate of drug-likeness (QED) is 0.312. The molecule has 0 amide bonds. The molecule has 1 aliphatic heterocycles. The molecule has 1 saturated carbocycles. The van der Waals surface area contributed by atoms with E-state index in [0.29, 0.717) is 29.6 Å². The lowest BCUT2D eigenvalue weighted by Gasteiger charge is -2.42. The van der Waals surface area contributed by atoms with Crippen LogP contribution in [0.15, 0.2) is 54.1 Å². The molecule has 3 aromatic rings. The molecular weight excluding hydrogens is 506 g/mol. The molecule has 39 heavy (non-hydrogen) atoms. The zero-order valence-electron chi connectivity index (χ0n) is 22.8. The van der Waals surface area contributed by atoms with Crippen molar-refractivity contribution in [3.8, 4) is 0 Å². The molecule has 202 valence electrons. The molecule has 3 aromatic carbocycles. The van der Waals surface area contributed by atoms with Gasteiger partial charge >= 0.3 is 5.97 Å². The fraction of sp³-hybridized carbons (Fsp3) is 0.412. The van der Waals surface area contributed by atoms with Gasteiger partial charge in [-0.3, -0.25) is 4.79 Å². The van der Waals surface area contributed by atoms with Crippen LogP contribution in [0.1, 0.15) is 90.9 Å². The highest BCUT2D eigenvalue weighted by Gasteiger charge is 2.36. The van der Waals surface area contributed by atoms with Gasteiger partial charge in [0.15, 0.2) is 0 Å². The van der Waals surface area contributed by atoms with Crippen molar-refractivity contribution >= 4 is 44.8 Å². The van der Waals surface area contributed by atoms with E-state index in [1.807, 2.05) is 6.07 Å². The molecule has 2 aliphatic carbocycles. The van der Waals surface area contributed by atoms with Crippen LogP contribution in [0.2, 0.25) is 0 Å². The summed E-state index contributed by atoms with van der Waals surface area (Å²) in [5.41, 5.74) is 7.77. The number of benzene rings is 3. The molecule has 6 rings (SSSR count). The predicted octanol–water partition coefficient (Wildman–Crippen LogP) is 8.19. The van der Waals surface area contributed by atoms with Gasteiger partial charge in [0.1, 0.15) is 5.78 Å². The maximum Gasteiger partial charge on any atom is 0.335 e. The van der Waals surface area contributed by atoms with Crippen LogP contribution in [0.5, 0.6) is 0 Å². The fourth-order valence-electron chi connectivity index (χ4n) is 6.38. The normalized spacial score (nSPS) is 18.5. The number of aromatic carboxylic acids is 1. The number of carboxylic acids is 1. The van der Waals surface area contributed by atoms with E-state index in [2.05, 4.69) is 49.1 Å². The molecular formula is C34H36ClNO3. The minimum atomic E-state index is -0.909. The number of carbonyl (C=O) groups is 2. The Hall–Kier alpha value is -3.11. The van der Waals surface area contributed by atoms with Crippen molar-refractivity contribution in [2.75, 3.05) is 18.0 Å². The molecule has 3 aliphatic rings. The number of ketones is 1. The van der Waals surface area contributed by atoms with Gasteiger partial charge in [0.2, 0.25) is 0 Å². The lowest BCUT2D eigenvalue weighted by Crippen LogP contribution is -2.48. The first-order valence-corrected chi connectivity index (χ1v) is 14.8. The molecule has 1 atom stereocenters. The Labute approximate surface area is 235 Å². The fourth-order valence-corrected chi connectivity index (χ4v) is 6.83. The second-order valence-electron chi connectivity index (χ2n) is 11.8. The van der Waals surface area contributed by atoms with Gasteiger partial charge < -0.3 is 10.0 Å². The van der Waals surface area contributed by atoms with Crippen molar-refractivity contribution in [3.05, 3.63) is 81.9 Å². The maximum atomic E-state index is 12.4. The molecule has 5 heteroatoms. The minimum Gasteiger partial charge on any atom is -0.478 e. The van der Waals surface area contributed by atoms with Crippen LogP contribution < -0.4 is 4.90 Å². The maximum absolute atomic E-state index is 12.4. The summed E-state index contributed by atoms with van der Waals surface area (Å²) in [5, 5.41) is 12.4. The number of hydrogen-bond acceptors (Lipinski definition) is 3. The smallest absolute Gasteiger partial charge is 0.335 e. The number of anilines is 1. The van der Waals surface area contributed by atoms with E-state index in [-0.39, 0.29) is 5.92 Å². The van der Waals surface area contributed by atoms with Crippen molar-refractivity contribution in [1.29, 1.82) is 0 Å². The lowest BCUT2D eigenvalue weighted by molar-refractivity contribution is -0.121. The third-order valence-electron chi connectivity index (χ3n) is 9.03. The highest BCUT2D eigenvalue weighted by Crippen LogP contribution is 2.45. The summed E-state index contributed by atoms with van der Waals surface area (Å²) < 4.78 is 0. The lowest BCUT2D eigenvalue weighted by atomic mass is 9.86. The number of fused-ring (bicyclic) bond motifs is 2. The average molecular weight is 542 g/mol. The largest absolute Gasteiger partial charge is 0.478 e. The molecule has 1 heterocycles. The van der Waals surface area contributed by atoms with Gasteiger partial charge in [-0.25, -0.2) is 4.79 Å². The first-order valence-electron chi connectivity index (χ1n) is 14.4. The molecule has 4 nitrogen and oxygen atoms in total. The molecule has 1 unspecified atom stereocenters. The third kappa shape index (κ3) is 5.12. The zero-order valence-corrected chi connectivity index (χ0v) is 23.6. The summed E-state index contributed by atoms with van der Waals surface area (Å²) in [6.07, 6.45) is 6.95. The second kappa shape index (κ2) is 10.5. The van der Waals surface area contributed by atoms with Crippen LogP contribution in [0, 0.1) is 11.8 Å². The summed E-state index contributed by atoms with van der Waals surface area (Å²) >= 11 is 7.12. The summed E-state index contributed by atoms with van der Waals surface area (Å²) in [7, 11) is 0. The van der Waals surface area contributed by atoms with Crippen LogP contribution in [-0.4, -0.2) is 29.9 Å². The number of allylic oxidation sites excluding steroid dienone is 1. The highest BCUT2D eigenvalue weighted by atomic mass is 35.5. The Kier molecular flexibility index (Phi) is 7.01. The highest BCUT2D eigenvalue weighted by molar-refractivity contribution is 6.50. The summed E-state index contributed by atoms with van der Waals surface area (Å²) in [6.45, 7) is 6.23. The van der Waals surface area contributed by atoms with Crippen LogP contribution in [0.4, 0.5) is 5.69 Å². The number of carboxylic acid groups (broad SMARTS) is 1. The van der Waals surface area contributed by atoms with Gasteiger partial charge in [-0.1, -0.05) is 61.4 Å². The van der Waals surface area contributed by atoms with Crippen molar-refractivity contribution in [2.45, 2.75) is 64.7 Å². The minimum absolute atomic E-state index is 0.136. The van der Waals surface area contributed by atoms with Gasteiger partial charge in [0.05, 0.1) is 5.56 Å². The van der Waals surface area contributed by atoms with E-state index in [0.717, 1.165) is 73.0 Å². The summed E-state index contributed by atoms with van der Waals surface area (Å²) in [6, 6.07) is 16.3. The summed E-state index contributed by atoms with van der Waals surface area (Å²) in [4.78, 5) is 26.4. The first kappa shape index (κ1) is 26.1. The molecule has 1 N–H and O–H groups in total. The third-order valence-corrected chi connectivity index (χ3v) is 9.49. The molecule has 0 radical (unpaired) electrons. The standard InChI is InChI=1S/C34H36ClNO3/c1-3-22-5-4-6-26-15-28(20(2)25-11-7-23-8-12-27(34(38)39)16-29(23)14-25)17-30(32(26)33(22)35)36-18-21(19-36)13-31(37)24-9-10-24/h7-8,11-12,14-17,20-21,24H,3-6,9-10,13,18-19H2,1-2H3,(H,38,39). The van der Waals surface area contributed by atoms with Crippen LogP contribution >= 0.6 is 11.6 Å². The average Bonchev–Trinajstić information content (AvgIpc) is 3.77. The van der Waals surface area contributed by atoms with Crippen molar-refractivity contribution in [1.82, 2.24) is 0 Å². The van der Waals surface area contributed by atoms with Gasteiger partial charge in [0, 0.05) is 53.5 Å².